The molecule has 1 aromatic rings. The monoisotopic (exact) mass is 311 g/mol. The van der Waals surface area contributed by atoms with Crippen molar-refractivity contribution in [2.75, 3.05) is 6.61 Å². The highest BCUT2D eigenvalue weighted by Crippen LogP contribution is 2.29. The van der Waals surface area contributed by atoms with Crippen molar-refractivity contribution in [2.24, 2.45) is 5.92 Å². The summed E-state index contributed by atoms with van der Waals surface area (Å²) in [5.74, 6) is 0.439. The molecule has 3 heteroatoms. The summed E-state index contributed by atoms with van der Waals surface area (Å²) in [5.41, 5.74) is 1.34. The second kappa shape index (κ2) is 6.69. The van der Waals surface area contributed by atoms with E-state index >= 15 is 0 Å². The molecule has 1 aliphatic carbocycles. The van der Waals surface area contributed by atoms with Gasteiger partial charge in [-0.05, 0) is 42.9 Å². The van der Waals surface area contributed by atoms with E-state index in [2.05, 4.69) is 52.4 Å². The largest absolute Gasteiger partial charge is 0.396 e. The molecule has 0 amide bonds. The van der Waals surface area contributed by atoms with Crippen molar-refractivity contribution in [3.05, 3.63) is 34.3 Å². The first-order valence-electron chi connectivity index (χ1n) is 6.87. The Kier molecular flexibility index (Phi) is 5.22. The predicted octanol–water partition coefficient (Wildman–Crippen LogP) is 3.65. The highest BCUT2D eigenvalue weighted by atomic mass is 79.9. The molecule has 100 valence electrons. The quantitative estimate of drug-likeness (QED) is 0.870. The number of aliphatic hydroxyl groups excluding tert-OH is 1. The standard InChI is InChI=1S/C15H22BrNO/c1-2-14(11-6-8-13(16)9-7-11)17-15-5-3-4-12(15)10-18/h6-9,12,14-15,17-18H,2-5,10H2,1H3. The van der Waals surface area contributed by atoms with Gasteiger partial charge < -0.3 is 10.4 Å². The Morgan fingerprint density at radius 3 is 2.67 bits per heavy atom. The molecule has 1 saturated carbocycles. The van der Waals surface area contributed by atoms with Crippen LogP contribution in [0, 0.1) is 5.92 Å². The summed E-state index contributed by atoms with van der Waals surface area (Å²) < 4.78 is 1.12. The Morgan fingerprint density at radius 2 is 2.06 bits per heavy atom. The number of aliphatic hydroxyl groups is 1. The van der Waals surface area contributed by atoms with E-state index in [9.17, 15) is 5.11 Å². The van der Waals surface area contributed by atoms with Gasteiger partial charge in [0.15, 0.2) is 0 Å². The van der Waals surface area contributed by atoms with Gasteiger partial charge in [0, 0.05) is 23.2 Å². The van der Waals surface area contributed by atoms with E-state index in [1.165, 1.54) is 18.4 Å². The maximum absolute atomic E-state index is 9.38. The fourth-order valence-corrected chi connectivity index (χ4v) is 3.14. The molecule has 18 heavy (non-hydrogen) atoms. The van der Waals surface area contributed by atoms with Crippen LogP contribution in [0.1, 0.15) is 44.2 Å². The third kappa shape index (κ3) is 3.34. The lowest BCUT2D eigenvalue weighted by Crippen LogP contribution is -2.36. The van der Waals surface area contributed by atoms with E-state index in [1.54, 1.807) is 0 Å². The number of rotatable bonds is 5. The second-order valence-electron chi connectivity index (χ2n) is 5.16. The van der Waals surface area contributed by atoms with Crippen molar-refractivity contribution >= 4 is 15.9 Å². The van der Waals surface area contributed by atoms with Crippen molar-refractivity contribution in [3.63, 3.8) is 0 Å². The van der Waals surface area contributed by atoms with Gasteiger partial charge in [-0.3, -0.25) is 0 Å². The van der Waals surface area contributed by atoms with Crippen LogP contribution in [0.2, 0.25) is 0 Å². The van der Waals surface area contributed by atoms with Crippen LogP contribution in [-0.4, -0.2) is 17.8 Å². The first kappa shape index (κ1) is 14.0. The van der Waals surface area contributed by atoms with Crippen molar-refractivity contribution in [1.82, 2.24) is 5.32 Å². The molecule has 0 radical (unpaired) electrons. The van der Waals surface area contributed by atoms with Gasteiger partial charge in [-0.2, -0.15) is 0 Å². The molecule has 1 aliphatic rings. The van der Waals surface area contributed by atoms with Crippen LogP contribution in [-0.2, 0) is 0 Å². The summed E-state index contributed by atoms with van der Waals surface area (Å²) in [6.07, 6.45) is 4.67. The molecule has 3 unspecified atom stereocenters. The van der Waals surface area contributed by atoms with Gasteiger partial charge in [-0.25, -0.2) is 0 Å². The first-order valence-corrected chi connectivity index (χ1v) is 7.66. The molecule has 2 N–H and O–H groups in total. The van der Waals surface area contributed by atoms with Gasteiger partial charge in [0.2, 0.25) is 0 Å². The number of halogens is 1. The zero-order valence-corrected chi connectivity index (χ0v) is 12.5. The molecule has 0 saturated heterocycles. The maximum Gasteiger partial charge on any atom is 0.0474 e. The Labute approximate surface area is 118 Å². The second-order valence-corrected chi connectivity index (χ2v) is 6.07. The lowest BCUT2D eigenvalue weighted by atomic mass is 9.99. The minimum absolute atomic E-state index is 0.314. The highest BCUT2D eigenvalue weighted by molar-refractivity contribution is 9.10. The molecular formula is C15H22BrNO. The molecule has 1 fully saturated rings. The number of nitrogens with one attached hydrogen (secondary N) is 1. The SMILES string of the molecule is CCC(NC1CCCC1CO)c1ccc(Br)cc1. The molecule has 0 spiro atoms. The van der Waals surface area contributed by atoms with Gasteiger partial charge in [0.05, 0.1) is 0 Å². The zero-order valence-electron chi connectivity index (χ0n) is 10.9. The first-order chi connectivity index (χ1) is 8.74. The Morgan fingerprint density at radius 1 is 1.33 bits per heavy atom. The minimum atomic E-state index is 0.314. The summed E-state index contributed by atoms with van der Waals surface area (Å²) in [4.78, 5) is 0. The minimum Gasteiger partial charge on any atom is -0.396 e. The van der Waals surface area contributed by atoms with Crippen LogP contribution >= 0.6 is 15.9 Å². The van der Waals surface area contributed by atoms with Gasteiger partial charge in [-0.15, -0.1) is 0 Å². The van der Waals surface area contributed by atoms with Crippen molar-refractivity contribution in [1.29, 1.82) is 0 Å². The maximum atomic E-state index is 9.38. The van der Waals surface area contributed by atoms with Crippen LogP contribution in [0.4, 0.5) is 0 Å². The van der Waals surface area contributed by atoms with Gasteiger partial charge in [0.25, 0.3) is 0 Å². The normalized spacial score (nSPS) is 25.3. The smallest absolute Gasteiger partial charge is 0.0474 e. The predicted molar refractivity (Wildman–Crippen MR) is 78.5 cm³/mol. The third-order valence-corrected chi connectivity index (χ3v) is 4.52. The van der Waals surface area contributed by atoms with Gasteiger partial charge in [0.1, 0.15) is 0 Å². The average Bonchev–Trinajstić information content (AvgIpc) is 2.84. The van der Waals surface area contributed by atoms with Crippen LogP contribution in [0.5, 0.6) is 0 Å². The Hall–Kier alpha value is -0.380. The van der Waals surface area contributed by atoms with E-state index in [0.29, 0.717) is 24.6 Å². The van der Waals surface area contributed by atoms with E-state index in [1.807, 2.05) is 0 Å². The molecule has 0 aromatic heterocycles. The van der Waals surface area contributed by atoms with E-state index in [-0.39, 0.29) is 0 Å². The van der Waals surface area contributed by atoms with E-state index in [0.717, 1.165) is 17.3 Å². The van der Waals surface area contributed by atoms with Gasteiger partial charge in [-0.1, -0.05) is 41.4 Å². The summed E-state index contributed by atoms with van der Waals surface area (Å²) in [7, 11) is 0. The van der Waals surface area contributed by atoms with Crippen molar-refractivity contribution in [3.8, 4) is 0 Å². The molecule has 1 aromatic carbocycles. The van der Waals surface area contributed by atoms with E-state index < -0.39 is 0 Å². The van der Waals surface area contributed by atoms with Crippen LogP contribution < -0.4 is 5.32 Å². The summed E-state index contributed by atoms with van der Waals surface area (Å²) in [6, 6.07) is 9.41. The van der Waals surface area contributed by atoms with Crippen LogP contribution in [0.15, 0.2) is 28.7 Å². The number of hydrogen-bond donors (Lipinski definition) is 2. The summed E-state index contributed by atoms with van der Waals surface area (Å²) in [5, 5.41) is 13.1. The van der Waals surface area contributed by atoms with Crippen molar-refractivity contribution in [2.45, 2.75) is 44.7 Å². The average molecular weight is 312 g/mol. The Bertz CT molecular complexity index is 365. The lowest BCUT2D eigenvalue weighted by molar-refractivity contribution is 0.198. The summed E-state index contributed by atoms with van der Waals surface area (Å²) >= 11 is 3.47. The van der Waals surface area contributed by atoms with E-state index in [4.69, 9.17) is 0 Å². The molecular weight excluding hydrogens is 290 g/mol. The molecule has 0 aliphatic heterocycles. The Balaban J connectivity index is 2.02. The zero-order chi connectivity index (χ0) is 13.0. The molecule has 0 bridgehead atoms. The summed E-state index contributed by atoms with van der Waals surface area (Å²) in [6.45, 7) is 2.52. The molecule has 0 heterocycles. The highest BCUT2D eigenvalue weighted by Gasteiger charge is 2.28. The third-order valence-electron chi connectivity index (χ3n) is 3.99. The number of hydrogen-bond acceptors (Lipinski definition) is 2. The van der Waals surface area contributed by atoms with Crippen LogP contribution in [0.25, 0.3) is 0 Å². The lowest BCUT2D eigenvalue weighted by Gasteiger charge is -2.26. The van der Waals surface area contributed by atoms with Crippen LogP contribution in [0.3, 0.4) is 0 Å². The molecule has 3 atom stereocenters. The number of benzene rings is 1. The van der Waals surface area contributed by atoms with Crippen molar-refractivity contribution < 1.29 is 5.11 Å². The fourth-order valence-electron chi connectivity index (χ4n) is 2.88. The molecule has 2 nitrogen and oxygen atoms in total. The fraction of sp³-hybridized carbons (Fsp3) is 0.600. The molecule has 2 rings (SSSR count). The topological polar surface area (TPSA) is 32.3 Å². The van der Waals surface area contributed by atoms with Gasteiger partial charge >= 0.3 is 0 Å².